The summed E-state index contributed by atoms with van der Waals surface area (Å²) in [5, 5.41) is 12.7. The summed E-state index contributed by atoms with van der Waals surface area (Å²) in [7, 11) is 1.56. The van der Waals surface area contributed by atoms with E-state index in [9.17, 15) is 5.21 Å². The van der Waals surface area contributed by atoms with Gasteiger partial charge in [0.1, 0.15) is 10.8 Å². The van der Waals surface area contributed by atoms with Crippen molar-refractivity contribution in [2.24, 2.45) is 0 Å². The molecule has 1 aromatic carbocycles. The van der Waals surface area contributed by atoms with Crippen LogP contribution < -0.4 is 9.47 Å². The van der Waals surface area contributed by atoms with Crippen LogP contribution in [0.4, 0.5) is 0 Å². The van der Waals surface area contributed by atoms with Crippen molar-refractivity contribution >= 4 is 22.5 Å². The summed E-state index contributed by atoms with van der Waals surface area (Å²) in [5.74, 6) is 0.657. The number of methoxy groups -OCH3 is 1. The number of pyridine rings is 1. The van der Waals surface area contributed by atoms with Gasteiger partial charge < -0.3 is 9.94 Å². The van der Waals surface area contributed by atoms with Crippen LogP contribution in [-0.4, -0.2) is 7.11 Å². The van der Waals surface area contributed by atoms with Crippen molar-refractivity contribution in [1.82, 2.24) is 0 Å². The van der Waals surface area contributed by atoms with Gasteiger partial charge >= 0.3 is 0 Å². The SMILES string of the molecule is COc1ccc2cc(Cl)c[n+]([O-])c2c1. The van der Waals surface area contributed by atoms with Crippen LogP contribution in [0.2, 0.25) is 5.02 Å². The molecule has 0 saturated heterocycles. The Hall–Kier alpha value is -1.48. The molecule has 14 heavy (non-hydrogen) atoms. The van der Waals surface area contributed by atoms with Crippen molar-refractivity contribution < 1.29 is 9.47 Å². The highest BCUT2D eigenvalue weighted by molar-refractivity contribution is 6.30. The summed E-state index contributed by atoms with van der Waals surface area (Å²) < 4.78 is 5.76. The van der Waals surface area contributed by atoms with Gasteiger partial charge in [0.15, 0.2) is 6.20 Å². The monoisotopic (exact) mass is 209 g/mol. The molecular weight excluding hydrogens is 202 g/mol. The zero-order valence-electron chi connectivity index (χ0n) is 7.53. The van der Waals surface area contributed by atoms with E-state index in [0.717, 1.165) is 10.1 Å². The molecule has 0 amide bonds. The minimum absolute atomic E-state index is 0.428. The lowest BCUT2D eigenvalue weighted by molar-refractivity contribution is -0.576. The van der Waals surface area contributed by atoms with Gasteiger partial charge in [-0.3, -0.25) is 0 Å². The highest BCUT2D eigenvalue weighted by atomic mass is 35.5. The van der Waals surface area contributed by atoms with Gasteiger partial charge in [-0.15, -0.1) is 0 Å². The predicted molar refractivity (Wildman–Crippen MR) is 54.5 cm³/mol. The first-order valence-electron chi connectivity index (χ1n) is 4.07. The molecule has 3 nitrogen and oxygen atoms in total. The van der Waals surface area contributed by atoms with Gasteiger partial charge in [-0.25, -0.2) is 0 Å². The molecule has 0 radical (unpaired) electrons. The third-order valence-electron chi connectivity index (χ3n) is 2.01. The first kappa shape index (κ1) is 9.09. The molecule has 0 aliphatic heterocycles. The molecule has 0 N–H and O–H groups in total. The molecule has 1 aromatic heterocycles. The van der Waals surface area contributed by atoms with E-state index in [1.165, 1.54) is 6.20 Å². The van der Waals surface area contributed by atoms with Gasteiger partial charge in [-0.1, -0.05) is 11.6 Å². The lowest BCUT2D eigenvalue weighted by atomic mass is 10.2. The van der Waals surface area contributed by atoms with Crippen LogP contribution in [0.1, 0.15) is 0 Å². The molecule has 0 unspecified atom stereocenters. The summed E-state index contributed by atoms with van der Waals surface area (Å²) in [4.78, 5) is 0. The molecule has 0 atom stereocenters. The van der Waals surface area contributed by atoms with Crippen molar-refractivity contribution in [2.75, 3.05) is 7.11 Å². The van der Waals surface area contributed by atoms with E-state index in [1.807, 2.05) is 0 Å². The van der Waals surface area contributed by atoms with Gasteiger partial charge in [-0.05, 0) is 18.2 Å². The number of ether oxygens (including phenoxy) is 1. The van der Waals surface area contributed by atoms with Crippen molar-refractivity contribution in [2.45, 2.75) is 0 Å². The summed E-state index contributed by atoms with van der Waals surface area (Å²) >= 11 is 5.75. The Labute approximate surface area is 86.1 Å². The van der Waals surface area contributed by atoms with Crippen molar-refractivity contribution in [3.8, 4) is 5.75 Å². The Morgan fingerprint density at radius 2 is 2.14 bits per heavy atom. The van der Waals surface area contributed by atoms with Crippen LogP contribution in [0.5, 0.6) is 5.75 Å². The standard InChI is InChI=1S/C10H8ClNO2/c1-14-9-3-2-7-4-8(11)6-12(13)10(7)5-9/h2-6H,1H3. The van der Waals surface area contributed by atoms with E-state index in [-0.39, 0.29) is 0 Å². The molecule has 4 heteroatoms. The Bertz CT molecular complexity index is 485. The smallest absolute Gasteiger partial charge is 0.227 e. The van der Waals surface area contributed by atoms with E-state index < -0.39 is 0 Å². The second-order valence-corrected chi connectivity index (χ2v) is 3.35. The Morgan fingerprint density at radius 1 is 1.36 bits per heavy atom. The first-order chi connectivity index (χ1) is 6.70. The molecule has 0 aliphatic rings. The highest BCUT2D eigenvalue weighted by Crippen LogP contribution is 2.20. The highest BCUT2D eigenvalue weighted by Gasteiger charge is 2.06. The number of halogens is 1. The molecule has 0 saturated carbocycles. The Balaban J connectivity index is 2.75. The molecule has 0 fully saturated rings. The van der Waals surface area contributed by atoms with Gasteiger partial charge in [-0.2, -0.15) is 4.73 Å². The summed E-state index contributed by atoms with van der Waals surface area (Å²) in [6, 6.07) is 7.01. The third kappa shape index (κ3) is 1.46. The topological polar surface area (TPSA) is 36.2 Å². The van der Waals surface area contributed by atoms with Crippen LogP contribution in [0, 0.1) is 5.21 Å². The largest absolute Gasteiger partial charge is 0.618 e. The van der Waals surface area contributed by atoms with Gasteiger partial charge in [0.25, 0.3) is 0 Å². The van der Waals surface area contributed by atoms with Gasteiger partial charge in [0, 0.05) is 5.39 Å². The quantitative estimate of drug-likeness (QED) is 0.533. The first-order valence-corrected chi connectivity index (χ1v) is 4.45. The number of aromatic nitrogens is 1. The number of hydrogen-bond donors (Lipinski definition) is 0. The van der Waals surface area contributed by atoms with Crippen LogP contribution in [-0.2, 0) is 0 Å². The van der Waals surface area contributed by atoms with E-state index in [2.05, 4.69) is 0 Å². The maximum absolute atomic E-state index is 11.4. The fourth-order valence-electron chi connectivity index (χ4n) is 1.33. The van der Waals surface area contributed by atoms with Crippen LogP contribution in [0.3, 0.4) is 0 Å². The third-order valence-corrected chi connectivity index (χ3v) is 2.22. The van der Waals surface area contributed by atoms with Gasteiger partial charge in [0.05, 0.1) is 13.2 Å². The van der Waals surface area contributed by atoms with E-state index in [1.54, 1.807) is 31.4 Å². The normalized spacial score (nSPS) is 10.4. The van der Waals surface area contributed by atoms with E-state index >= 15 is 0 Å². The second-order valence-electron chi connectivity index (χ2n) is 2.91. The van der Waals surface area contributed by atoms with Crippen LogP contribution in [0.25, 0.3) is 10.9 Å². The minimum atomic E-state index is 0.428. The maximum atomic E-state index is 11.4. The predicted octanol–water partition coefficient (Wildman–Crippen LogP) is 2.14. The van der Waals surface area contributed by atoms with Crippen LogP contribution in [0.15, 0.2) is 30.5 Å². The van der Waals surface area contributed by atoms with E-state index in [4.69, 9.17) is 16.3 Å². The average molecular weight is 210 g/mol. The minimum Gasteiger partial charge on any atom is -0.618 e. The number of rotatable bonds is 1. The Kier molecular flexibility index (Phi) is 2.17. The number of fused-ring (bicyclic) bond motifs is 1. The number of benzene rings is 1. The summed E-state index contributed by atoms with van der Waals surface area (Å²) in [5.41, 5.74) is 0.550. The van der Waals surface area contributed by atoms with E-state index in [0.29, 0.717) is 16.3 Å². The van der Waals surface area contributed by atoms with Crippen LogP contribution >= 0.6 is 11.6 Å². The summed E-state index contributed by atoms with van der Waals surface area (Å²) in [6.45, 7) is 0. The lowest BCUT2D eigenvalue weighted by Gasteiger charge is -2.04. The molecule has 2 rings (SSSR count). The molecule has 72 valence electrons. The van der Waals surface area contributed by atoms with Crippen molar-refractivity contribution in [3.05, 3.63) is 40.7 Å². The summed E-state index contributed by atoms with van der Waals surface area (Å²) in [6.07, 6.45) is 1.32. The van der Waals surface area contributed by atoms with Crippen molar-refractivity contribution in [3.63, 3.8) is 0 Å². The maximum Gasteiger partial charge on any atom is 0.227 e. The second kappa shape index (κ2) is 3.35. The number of nitrogens with zero attached hydrogens (tertiary/aromatic N) is 1. The zero-order valence-corrected chi connectivity index (χ0v) is 8.28. The molecule has 0 aliphatic carbocycles. The average Bonchev–Trinajstić information content (AvgIpc) is 2.17. The zero-order chi connectivity index (χ0) is 10.1. The molecule has 0 bridgehead atoms. The lowest BCUT2D eigenvalue weighted by Crippen LogP contribution is -2.26. The fourth-order valence-corrected chi connectivity index (χ4v) is 1.54. The molecule has 1 heterocycles. The number of hydrogen-bond acceptors (Lipinski definition) is 2. The van der Waals surface area contributed by atoms with Gasteiger partial charge in [0.2, 0.25) is 5.52 Å². The Morgan fingerprint density at radius 3 is 2.86 bits per heavy atom. The van der Waals surface area contributed by atoms with Crippen molar-refractivity contribution in [1.29, 1.82) is 0 Å². The molecule has 2 aromatic rings. The molecular formula is C10H8ClNO2. The fraction of sp³-hybridized carbons (Fsp3) is 0.100. The molecule has 0 spiro atoms.